The van der Waals surface area contributed by atoms with E-state index < -0.39 is 0 Å². The van der Waals surface area contributed by atoms with E-state index >= 15 is 0 Å². The molecule has 0 bridgehead atoms. The summed E-state index contributed by atoms with van der Waals surface area (Å²) < 4.78 is 2.03. The number of aromatic nitrogens is 4. The minimum atomic E-state index is -0.00808. The smallest absolute Gasteiger partial charge is 0.225 e. The number of thioether (sulfide) groups is 1. The predicted molar refractivity (Wildman–Crippen MR) is 132 cm³/mol. The Morgan fingerprint density at radius 1 is 1.12 bits per heavy atom. The summed E-state index contributed by atoms with van der Waals surface area (Å²) in [6.07, 6.45) is 0. The number of halogens is 1. The monoisotopic (exact) mass is 483 g/mol. The maximum atomic E-state index is 11.8. The fraction of sp³-hybridized carbons (Fsp3) is 0.217. The first-order valence-corrected chi connectivity index (χ1v) is 12.3. The van der Waals surface area contributed by atoms with Crippen LogP contribution in [-0.4, -0.2) is 32.2 Å². The third-order valence-electron chi connectivity index (χ3n) is 4.84. The van der Waals surface area contributed by atoms with E-state index in [-0.39, 0.29) is 5.91 Å². The van der Waals surface area contributed by atoms with Crippen LogP contribution in [-0.2, 0) is 10.5 Å². The van der Waals surface area contributed by atoms with Crippen LogP contribution in [0.3, 0.4) is 0 Å². The van der Waals surface area contributed by atoms with Crippen LogP contribution in [0.25, 0.3) is 17.1 Å². The van der Waals surface area contributed by atoms with Crippen molar-refractivity contribution in [1.29, 1.82) is 0 Å². The molecule has 0 saturated heterocycles. The number of rotatable bonds is 7. The molecule has 2 aromatic carbocycles. The van der Waals surface area contributed by atoms with Crippen LogP contribution in [0.2, 0.25) is 5.02 Å². The Bertz CT molecular complexity index is 1220. The van der Waals surface area contributed by atoms with Crippen molar-refractivity contribution in [2.24, 2.45) is 0 Å². The summed E-state index contributed by atoms with van der Waals surface area (Å²) in [5.41, 5.74) is 4.01. The van der Waals surface area contributed by atoms with Crippen molar-refractivity contribution in [3.05, 3.63) is 70.2 Å². The van der Waals surface area contributed by atoms with E-state index in [1.807, 2.05) is 53.3 Å². The summed E-state index contributed by atoms with van der Waals surface area (Å²) in [5.74, 6) is 1.37. The normalized spacial score (nSPS) is 11.0. The fourth-order valence-electron chi connectivity index (χ4n) is 3.19. The molecule has 0 aliphatic rings. The topological polar surface area (TPSA) is 63.9 Å². The van der Waals surface area contributed by atoms with Gasteiger partial charge in [-0.25, -0.2) is 4.98 Å². The molecule has 0 N–H and O–H groups in total. The summed E-state index contributed by atoms with van der Waals surface area (Å²) in [5, 5.41) is 13.1. The standard InChI is InChI=1S/C23H22ClN5OS2/c1-4-28(16(3)30)22-25-19(13-31-22)14-32-23-27-26-21(17-7-5-15(2)6-8-17)29(23)20-11-9-18(24)10-12-20/h5-13H,4,14H2,1-3H3. The predicted octanol–water partition coefficient (Wildman–Crippen LogP) is 6.02. The number of nitrogens with zero attached hydrogens (tertiary/aromatic N) is 5. The zero-order valence-electron chi connectivity index (χ0n) is 17.9. The molecule has 9 heteroatoms. The summed E-state index contributed by atoms with van der Waals surface area (Å²) >= 11 is 9.14. The maximum Gasteiger partial charge on any atom is 0.225 e. The van der Waals surface area contributed by atoms with E-state index in [1.165, 1.54) is 16.9 Å². The molecule has 0 aliphatic heterocycles. The molecule has 164 valence electrons. The molecule has 2 heterocycles. The van der Waals surface area contributed by atoms with E-state index in [4.69, 9.17) is 11.6 Å². The molecular formula is C23H22ClN5OS2. The van der Waals surface area contributed by atoms with Gasteiger partial charge in [0.2, 0.25) is 5.91 Å². The number of benzene rings is 2. The first kappa shape index (κ1) is 22.5. The van der Waals surface area contributed by atoms with Crippen molar-refractivity contribution in [3.63, 3.8) is 0 Å². The molecule has 1 amide bonds. The molecule has 4 aromatic rings. The Balaban J connectivity index is 1.64. The highest BCUT2D eigenvalue weighted by atomic mass is 35.5. The highest BCUT2D eigenvalue weighted by Crippen LogP contribution is 2.31. The molecule has 0 fully saturated rings. The number of carbonyl (C=O) groups is 1. The highest BCUT2D eigenvalue weighted by Gasteiger charge is 2.18. The van der Waals surface area contributed by atoms with Crippen molar-refractivity contribution in [2.45, 2.75) is 31.7 Å². The molecule has 0 atom stereocenters. The number of anilines is 1. The molecular weight excluding hydrogens is 462 g/mol. The third-order valence-corrected chi connectivity index (χ3v) is 6.97. The SMILES string of the molecule is CCN(C(C)=O)c1nc(CSc2nnc(-c3ccc(C)cc3)n2-c2ccc(Cl)cc2)cs1. The van der Waals surface area contributed by atoms with Crippen LogP contribution in [0.5, 0.6) is 0 Å². The minimum absolute atomic E-state index is 0.00808. The van der Waals surface area contributed by atoms with Gasteiger partial charge in [0.05, 0.1) is 5.69 Å². The number of carbonyl (C=O) groups excluding carboxylic acids is 1. The minimum Gasteiger partial charge on any atom is -0.289 e. The van der Waals surface area contributed by atoms with Gasteiger partial charge >= 0.3 is 0 Å². The molecule has 2 aromatic heterocycles. The zero-order chi connectivity index (χ0) is 22.7. The number of aryl methyl sites for hydroxylation is 1. The van der Waals surface area contributed by atoms with Crippen molar-refractivity contribution in [1.82, 2.24) is 19.7 Å². The molecule has 0 radical (unpaired) electrons. The zero-order valence-corrected chi connectivity index (χ0v) is 20.3. The second kappa shape index (κ2) is 9.85. The number of thiazole rings is 1. The van der Waals surface area contributed by atoms with Crippen LogP contribution in [0.4, 0.5) is 5.13 Å². The van der Waals surface area contributed by atoms with Gasteiger partial charge < -0.3 is 0 Å². The second-order valence-electron chi connectivity index (χ2n) is 7.16. The summed E-state index contributed by atoms with van der Waals surface area (Å²) in [6.45, 7) is 6.15. The third kappa shape index (κ3) is 4.87. The molecule has 0 unspecified atom stereocenters. The van der Waals surface area contributed by atoms with Crippen LogP contribution in [0.15, 0.2) is 59.1 Å². The average molecular weight is 484 g/mol. The summed E-state index contributed by atoms with van der Waals surface area (Å²) in [4.78, 5) is 18.1. The number of amides is 1. The Labute approximate surface area is 200 Å². The van der Waals surface area contributed by atoms with Crippen LogP contribution >= 0.6 is 34.7 Å². The van der Waals surface area contributed by atoms with Crippen molar-refractivity contribution in [3.8, 4) is 17.1 Å². The molecule has 0 saturated carbocycles. The van der Waals surface area contributed by atoms with Crippen LogP contribution in [0.1, 0.15) is 25.1 Å². The van der Waals surface area contributed by atoms with Crippen LogP contribution < -0.4 is 4.90 Å². The highest BCUT2D eigenvalue weighted by molar-refractivity contribution is 7.98. The molecule has 0 aliphatic carbocycles. The first-order valence-electron chi connectivity index (χ1n) is 10.1. The lowest BCUT2D eigenvalue weighted by molar-refractivity contribution is -0.116. The first-order chi connectivity index (χ1) is 15.5. The molecule has 32 heavy (non-hydrogen) atoms. The lowest BCUT2D eigenvalue weighted by Crippen LogP contribution is -2.27. The molecule has 6 nitrogen and oxygen atoms in total. The van der Waals surface area contributed by atoms with Crippen molar-refractivity contribution >= 4 is 45.7 Å². The van der Waals surface area contributed by atoms with Gasteiger partial charge in [0, 0.05) is 40.9 Å². The van der Waals surface area contributed by atoms with Crippen molar-refractivity contribution < 1.29 is 4.79 Å². The lowest BCUT2D eigenvalue weighted by atomic mass is 10.1. The largest absolute Gasteiger partial charge is 0.289 e. The van der Waals surface area contributed by atoms with Gasteiger partial charge in [-0.3, -0.25) is 14.3 Å². The molecule has 4 rings (SSSR count). The number of hydrogen-bond acceptors (Lipinski definition) is 6. The van der Waals surface area contributed by atoms with Crippen LogP contribution in [0, 0.1) is 6.92 Å². The van der Waals surface area contributed by atoms with Gasteiger partial charge in [-0.05, 0) is 38.1 Å². The maximum absolute atomic E-state index is 11.8. The van der Waals surface area contributed by atoms with Crippen molar-refractivity contribution in [2.75, 3.05) is 11.4 Å². The van der Waals surface area contributed by atoms with Gasteiger partial charge in [0.1, 0.15) is 0 Å². The summed E-state index contributed by atoms with van der Waals surface area (Å²) in [7, 11) is 0. The Morgan fingerprint density at radius 2 is 1.84 bits per heavy atom. The van der Waals surface area contributed by atoms with E-state index in [0.717, 1.165) is 33.1 Å². The van der Waals surface area contributed by atoms with Gasteiger partial charge in [-0.15, -0.1) is 21.5 Å². The van der Waals surface area contributed by atoms with E-state index in [9.17, 15) is 4.79 Å². The Morgan fingerprint density at radius 3 is 2.50 bits per heavy atom. The van der Waals surface area contributed by atoms with E-state index in [1.54, 1.807) is 23.6 Å². The van der Waals surface area contributed by atoms with E-state index in [0.29, 0.717) is 17.3 Å². The Kier molecular flexibility index (Phi) is 6.93. The van der Waals surface area contributed by atoms with Gasteiger partial charge in [0.25, 0.3) is 0 Å². The van der Waals surface area contributed by atoms with Gasteiger partial charge in [0.15, 0.2) is 16.1 Å². The summed E-state index contributed by atoms with van der Waals surface area (Å²) in [6, 6.07) is 15.9. The second-order valence-corrected chi connectivity index (χ2v) is 9.37. The fourth-order valence-corrected chi connectivity index (χ4v) is 5.20. The average Bonchev–Trinajstić information content (AvgIpc) is 3.41. The quantitative estimate of drug-likeness (QED) is 0.301. The van der Waals surface area contributed by atoms with Gasteiger partial charge in [-0.2, -0.15) is 0 Å². The lowest BCUT2D eigenvalue weighted by Gasteiger charge is -2.14. The van der Waals surface area contributed by atoms with Gasteiger partial charge in [-0.1, -0.05) is 53.2 Å². The van der Waals surface area contributed by atoms with E-state index in [2.05, 4.69) is 34.2 Å². The Hall–Kier alpha value is -2.68. The number of hydrogen-bond donors (Lipinski definition) is 0. The molecule has 0 spiro atoms.